The lowest BCUT2D eigenvalue weighted by molar-refractivity contribution is -0.142. The fourth-order valence-electron chi connectivity index (χ4n) is 6.51. The number of nitrogens with one attached hydrogen (secondary N) is 2. The number of amides is 3. The first-order valence-electron chi connectivity index (χ1n) is 13.1. The van der Waals surface area contributed by atoms with E-state index in [-0.39, 0.29) is 36.1 Å². The van der Waals surface area contributed by atoms with Crippen molar-refractivity contribution in [2.45, 2.75) is 62.4 Å². The lowest BCUT2D eigenvalue weighted by Gasteiger charge is -2.34. The van der Waals surface area contributed by atoms with Gasteiger partial charge in [-0.2, -0.15) is 0 Å². The van der Waals surface area contributed by atoms with Crippen molar-refractivity contribution in [3.8, 4) is 0 Å². The molecule has 38 heavy (non-hydrogen) atoms. The van der Waals surface area contributed by atoms with Crippen LogP contribution in [-0.4, -0.2) is 46.4 Å². The molecule has 7 nitrogen and oxygen atoms in total. The third-order valence-electron chi connectivity index (χ3n) is 8.25. The Bertz CT molecular complexity index is 1280. The lowest BCUT2D eigenvalue weighted by atomic mass is 9.74. The Kier molecular flexibility index (Phi) is 6.60. The van der Waals surface area contributed by atoms with Gasteiger partial charge in [0.15, 0.2) is 0 Å². The molecule has 2 saturated heterocycles. The largest absolute Gasteiger partial charge is 0.359 e. The molecule has 1 spiro atoms. The maximum Gasteiger partial charge on any atom is 0.246 e. The number of nitrogens with zero attached hydrogens (tertiary/aromatic N) is 1. The highest BCUT2D eigenvalue weighted by atomic mass is 79.9. The van der Waals surface area contributed by atoms with Gasteiger partial charge >= 0.3 is 0 Å². The van der Waals surface area contributed by atoms with Gasteiger partial charge in [-0.3, -0.25) is 14.4 Å². The predicted octanol–water partition coefficient (Wildman–Crippen LogP) is 4.33. The molecule has 1 aliphatic carbocycles. The minimum atomic E-state index is -1.23. The number of ether oxygens (including phenoxy) is 1. The standard InChI is InChI=1S/C29H29BrFN3O4/c30-18-8-12-21(13-9-18)32-26(35)23-22-14-15-29(38-22)24(23)28(37)34(16-17-6-10-19(31)11-7-17)25(29)27(36)33-20-4-2-1-3-5-20/h6-15,20,22-25H,1-5,16H2,(H,32,35)(H,33,36)/t22-,23-,24-,25-,29-/m1/s1. The van der Waals surface area contributed by atoms with E-state index < -0.39 is 29.6 Å². The number of rotatable bonds is 6. The minimum Gasteiger partial charge on any atom is -0.359 e. The summed E-state index contributed by atoms with van der Waals surface area (Å²) in [5.74, 6) is -2.89. The summed E-state index contributed by atoms with van der Waals surface area (Å²) in [5, 5.41) is 6.09. The van der Waals surface area contributed by atoms with Crippen LogP contribution in [0.2, 0.25) is 0 Å². The summed E-state index contributed by atoms with van der Waals surface area (Å²) in [7, 11) is 0. The average molecular weight is 582 g/mol. The summed E-state index contributed by atoms with van der Waals surface area (Å²) in [4.78, 5) is 42.9. The minimum absolute atomic E-state index is 0.0496. The number of hydrogen-bond donors (Lipinski definition) is 2. The predicted molar refractivity (Wildman–Crippen MR) is 142 cm³/mol. The van der Waals surface area contributed by atoms with Crippen molar-refractivity contribution in [1.29, 1.82) is 0 Å². The van der Waals surface area contributed by atoms with Crippen LogP contribution in [0.15, 0.2) is 65.2 Å². The van der Waals surface area contributed by atoms with Crippen molar-refractivity contribution >= 4 is 39.3 Å². The van der Waals surface area contributed by atoms with Gasteiger partial charge in [0.05, 0.1) is 17.9 Å². The molecule has 6 rings (SSSR count). The van der Waals surface area contributed by atoms with Crippen LogP contribution in [0.25, 0.3) is 0 Å². The van der Waals surface area contributed by atoms with Crippen molar-refractivity contribution in [2.75, 3.05) is 5.32 Å². The number of hydrogen-bond acceptors (Lipinski definition) is 4. The van der Waals surface area contributed by atoms with Crippen molar-refractivity contribution in [3.05, 3.63) is 76.5 Å². The van der Waals surface area contributed by atoms with Crippen LogP contribution in [0.4, 0.5) is 10.1 Å². The molecule has 9 heteroatoms. The fourth-order valence-corrected chi connectivity index (χ4v) is 6.77. The second kappa shape index (κ2) is 9.93. The van der Waals surface area contributed by atoms with Gasteiger partial charge < -0.3 is 20.3 Å². The second-order valence-electron chi connectivity index (χ2n) is 10.6. The zero-order chi connectivity index (χ0) is 26.4. The molecule has 5 atom stereocenters. The van der Waals surface area contributed by atoms with Crippen LogP contribution in [0.5, 0.6) is 0 Å². The summed E-state index contributed by atoms with van der Waals surface area (Å²) < 4.78 is 20.8. The Morgan fingerprint density at radius 1 is 1.03 bits per heavy atom. The Labute approximate surface area is 228 Å². The van der Waals surface area contributed by atoms with E-state index in [9.17, 15) is 18.8 Å². The van der Waals surface area contributed by atoms with Crippen LogP contribution < -0.4 is 10.6 Å². The van der Waals surface area contributed by atoms with Crippen LogP contribution in [0.1, 0.15) is 37.7 Å². The molecule has 3 aliphatic heterocycles. The van der Waals surface area contributed by atoms with Crippen LogP contribution in [0, 0.1) is 17.7 Å². The third kappa shape index (κ3) is 4.35. The van der Waals surface area contributed by atoms with Gasteiger partial charge in [0, 0.05) is 22.7 Å². The maximum atomic E-state index is 14.0. The Balaban J connectivity index is 1.32. The Morgan fingerprint density at radius 2 is 1.74 bits per heavy atom. The second-order valence-corrected chi connectivity index (χ2v) is 11.5. The summed E-state index contributed by atoms with van der Waals surface area (Å²) in [6.45, 7) is 0.114. The van der Waals surface area contributed by atoms with E-state index in [4.69, 9.17) is 4.74 Å². The van der Waals surface area contributed by atoms with Gasteiger partial charge in [0.2, 0.25) is 17.7 Å². The van der Waals surface area contributed by atoms with E-state index in [2.05, 4.69) is 26.6 Å². The van der Waals surface area contributed by atoms with Crippen LogP contribution >= 0.6 is 15.9 Å². The molecule has 4 aliphatic rings. The molecule has 3 amide bonds. The third-order valence-corrected chi connectivity index (χ3v) is 8.78. The van der Waals surface area contributed by atoms with Gasteiger partial charge in [0.25, 0.3) is 0 Å². The number of halogens is 2. The summed E-state index contributed by atoms with van der Waals surface area (Å²) in [5.41, 5.74) is 0.0719. The molecule has 2 N–H and O–H groups in total. The van der Waals surface area contributed by atoms with E-state index >= 15 is 0 Å². The molecule has 0 radical (unpaired) electrons. The summed E-state index contributed by atoms with van der Waals surface area (Å²) >= 11 is 3.39. The first-order valence-corrected chi connectivity index (χ1v) is 13.9. The highest BCUT2D eigenvalue weighted by Crippen LogP contribution is 2.55. The average Bonchev–Trinajstić information content (AvgIpc) is 3.55. The van der Waals surface area contributed by atoms with Crippen LogP contribution in [0.3, 0.4) is 0 Å². The number of carbonyl (C=O) groups excluding carboxylic acids is 3. The number of carbonyl (C=O) groups is 3. The zero-order valence-electron chi connectivity index (χ0n) is 20.7. The normalized spacial score (nSPS) is 29.9. The number of anilines is 1. The fraction of sp³-hybridized carbons (Fsp3) is 0.414. The van der Waals surface area contributed by atoms with Crippen molar-refractivity contribution in [2.24, 2.45) is 11.8 Å². The van der Waals surface area contributed by atoms with E-state index in [1.165, 1.54) is 17.0 Å². The molecule has 3 heterocycles. The van der Waals surface area contributed by atoms with Crippen LogP contribution in [-0.2, 0) is 25.7 Å². The molecule has 3 fully saturated rings. The Morgan fingerprint density at radius 3 is 2.45 bits per heavy atom. The molecular formula is C29H29BrFN3O4. The molecule has 198 valence electrons. The molecule has 1 saturated carbocycles. The SMILES string of the molecule is O=C(Nc1ccc(Br)cc1)[C@@H]1[C@H]2C=C[C@@]3(O2)[C@H]1C(=O)N(Cc1ccc(F)cc1)[C@@H]3C(=O)NC1CCCCC1. The highest BCUT2D eigenvalue weighted by Gasteiger charge is 2.72. The topological polar surface area (TPSA) is 87.7 Å². The molecule has 0 aromatic heterocycles. The molecular weight excluding hydrogens is 553 g/mol. The van der Waals surface area contributed by atoms with E-state index in [0.29, 0.717) is 11.3 Å². The quantitative estimate of drug-likeness (QED) is 0.497. The van der Waals surface area contributed by atoms with Gasteiger partial charge in [-0.1, -0.05) is 59.5 Å². The number of fused-ring (bicyclic) bond motifs is 1. The van der Waals surface area contributed by atoms with E-state index in [1.54, 1.807) is 36.4 Å². The summed E-state index contributed by atoms with van der Waals surface area (Å²) in [6, 6.07) is 12.2. The van der Waals surface area contributed by atoms with E-state index in [1.807, 2.05) is 12.1 Å². The van der Waals surface area contributed by atoms with Gasteiger partial charge in [-0.05, 0) is 54.8 Å². The first-order chi connectivity index (χ1) is 18.4. The van der Waals surface area contributed by atoms with Crippen molar-refractivity contribution < 1.29 is 23.5 Å². The lowest BCUT2D eigenvalue weighted by Crippen LogP contribution is -2.56. The highest BCUT2D eigenvalue weighted by molar-refractivity contribution is 9.10. The summed E-state index contributed by atoms with van der Waals surface area (Å²) in [6.07, 6.45) is 8.07. The smallest absolute Gasteiger partial charge is 0.246 e. The van der Waals surface area contributed by atoms with Gasteiger partial charge in [-0.25, -0.2) is 4.39 Å². The number of likely N-dealkylation sites (tertiary alicyclic amines) is 1. The van der Waals surface area contributed by atoms with Gasteiger partial charge in [0.1, 0.15) is 17.5 Å². The molecule has 2 aromatic rings. The number of benzene rings is 2. The molecule has 0 unspecified atom stereocenters. The van der Waals surface area contributed by atoms with E-state index in [0.717, 1.165) is 36.6 Å². The first kappa shape index (κ1) is 25.2. The molecule has 2 aromatic carbocycles. The Hall–Kier alpha value is -3.04. The van der Waals surface area contributed by atoms with Crippen molar-refractivity contribution in [3.63, 3.8) is 0 Å². The monoisotopic (exact) mass is 581 g/mol. The van der Waals surface area contributed by atoms with Gasteiger partial charge in [-0.15, -0.1) is 0 Å². The maximum absolute atomic E-state index is 14.0. The zero-order valence-corrected chi connectivity index (χ0v) is 22.3. The molecule has 2 bridgehead atoms. The van der Waals surface area contributed by atoms with Crippen molar-refractivity contribution in [1.82, 2.24) is 10.2 Å².